The van der Waals surface area contributed by atoms with E-state index in [9.17, 15) is 0 Å². The van der Waals surface area contributed by atoms with Crippen molar-refractivity contribution in [1.82, 2.24) is 0 Å². The highest BCUT2D eigenvalue weighted by molar-refractivity contribution is 5.14. The lowest BCUT2D eigenvalue weighted by Gasteiger charge is -2.03. The summed E-state index contributed by atoms with van der Waals surface area (Å²) in [6, 6.07) is 10.5. The number of unbranched alkanes of at least 4 members (excludes halogenated alkanes) is 3. The summed E-state index contributed by atoms with van der Waals surface area (Å²) in [7, 11) is 0. The van der Waals surface area contributed by atoms with Crippen LogP contribution in [0.25, 0.3) is 0 Å². The number of hydrogen-bond acceptors (Lipinski definition) is 1. The summed E-state index contributed by atoms with van der Waals surface area (Å²) < 4.78 is 5.58. The first-order chi connectivity index (χ1) is 7.43. The summed E-state index contributed by atoms with van der Waals surface area (Å²) in [4.78, 5) is 0. The summed E-state index contributed by atoms with van der Waals surface area (Å²) >= 11 is 0. The molecule has 0 aliphatic heterocycles. The third-order valence-corrected chi connectivity index (χ3v) is 2.52. The van der Waals surface area contributed by atoms with Gasteiger partial charge < -0.3 is 4.74 Å². The molecule has 1 aromatic carbocycles. The Morgan fingerprint density at radius 2 is 1.73 bits per heavy atom. The van der Waals surface area contributed by atoms with E-state index < -0.39 is 0 Å². The second kappa shape index (κ2) is 8.49. The number of benzene rings is 1. The summed E-state index contributed by atoms with van der Waals surface area (Å²) in [6.07, 6.45) is 6.19. The normalized spacial score (nSPS) is 10.5. The van der Waals surface area contributed by atoms with Crippen LogP contribution in [0, 0.1) is 0 Å². The van der Waals surface area contributed by atoms with Gasteiger partial charge in [0.05, 0.1) is 6.61 Å². The Kier molecular flexibility index (Phi) is 6.93. The Morgan fingerprint density at radius 1 is 0.933 bits per heavy atom. The highest BCUT2D eigenvalue weighted by atomic mass is 16.5. The molecule has 0 spiro atoms. The first-order valence-electron chi connectivity index (χ1n) is 6.05. The summed E-state index contributed by atoms with van der Waals surface area (Å²) in [5.74, 6) is 0. The van der Waals surface area contributed by atoms with Crippen molar-refractivity contribution >= 4 is 0 Å². The van der Waals surface area contributed by atoms with E-state index in [1.165, 1.54) is 31.2 Å². The van der Waals surface area contributed by atoms with E-state index in [1.54, 1.807) is 0 Å². The molecule has 0 aliphatic carbocycles. The molecule has 0 bridgehead atoms. The first-order valence-corrected chi connectivity index (χ1v) is 6.05. The zero-order chi connectivity index (χ0) is 10.8. The molecule has 1 rings (SSSR count). The Labute approximate surface area is 93.5 Å². The number of rotatable bonds is 8. The molecule has 1 nitrogen and oxygen atoms in total. The van der Waals surface area contributed by atoms with E-state index >= 15 is 0 Å². The van der Waals surface area contributed by atoms with Crippen LogP contribution in [0.5, 0.6) is 0 Å². The fourth-order valence-electron chi connectivity index (χ4n) is 1.57. The molecule has 0 aliphatic rings. The molecule has 84 valence electrons. The Bertz CT molecular complexity index is 230. The minimum atomic E-state index is 0.857. The van der Waals surface area contributed by atoms with Crippen LogP contribution >= 0.6 is 0 Å². The van der Waals surface area contributed by atoms with Crippen LogP contribution in [0.3, 0.4) is 0 Å². The lowest BCUT2D eigenvalue weighted by molar-refractivity contribution is 0.133. The van der Waals surface area contributed by atoms with Gasteiger partial charge in [0, 0.05) is 6.61 Å². The van der Waals surface area contributed by atoms with Crippen molar-refractivity contribution < 1.29 is 4.74 Å². The molecule has 0 aromatic heterocycles. The highest BCUT2D eigenvalue weighted by Crippen LogP contribution is 2.01. The maximum absolute atomic E-state index is 5.58. The molecule has 15 heavy (non-hydrogen) atoms. The van der Waals surface area contributed by atoms with Gasteiger partial charge in [-0.05, 0) is 18.4 Å². The second-order valence-electron chi connectivity index (χ2n) is 3.91. The molecule has 1 aromatic rings. The van der Waals surface area contributed by atoms with Gasteiger partial charge in [0.1, 0.15) is 0 Å². The quantitative estimate of drug-likeness (QED) is 0.587. The first kappa shape index (κ1) is 12.3. The van der Waals surface area contributed by atoms with Crippen LogP contribution in [0.2, 0.25) is 0 Å². The minimum Gasteiger partial charge on any atom is -0.381 e. The van der Waals surface area contributed by atoms with Crippen molar-refractivity contribution in [2.24, 2.45) is 0 Å². The van der Waals surface area contributed by atoms with Crippen molar-refractivity contribution in [2.45, 2.75) is 39.0 Å². The number of ether oxygens (including phenoxy) is 1. The average molecular weight is 206 g/mol. The molecule has 0 fully saturated rings. The second-order valence-corrected chi connectivity index (χ2v) is 3.91. The lowest BCUT2D eigenvalue weighted by atomic mass is 10.2. The highest BCUT2D eigenvalue weighted by Gasteiger charge is 1.92. The molecular formula is C14H22O. The molecular weight excluding hydrogens is 184 g/mol. The van der Waals surface area contributed by atoms with Gasteiger partial charge in [-0.2, -0.15) is 0 Å². The van der Waals surface area contributed by atoms with E-state index in [-0.39, 0.29) is 0 Å². The Morgan fingerprint density at radius 3 is 2.47 bits per heavy atom. The topological polar surface area (TPSA) is 9.23 Å². The predicted octanol–water partition coefficient (Wildman–Crippen LogP) is 3.83. The van der Waals surface area contributed by atoms with Crippen molar-refractivity contribution in [1.29, 1.82) is 0 Å². The summed E-state index contributed by atoms with van der Waals surface area (Å²) in [6.45, 7) is 4.01. The van der Waals surface area contributed by atoms with Crippen LogP contribution in [-0.2, 0) is 11.2 Å². The van der Waals surface area contributed by atoms with E-state index in [4.69, 9.17) is 4.74 Å². The smallest absolute Gasteiger partial charge is 0.0506 e. The van der Waals surface area contributed by atoms with Gasteiger partial charge in [-0.25, -0.2) is 0 Å². The van der Waals surface area contributed by atoms with E-state index in [0.29, 0.717) is 0 Å². The average Bonchev–Trinajstić information content (AvgIpc) is 2.29. The Hall–Kier alpha value is -0.820. The van der Waals surface area contributed by atoms with Gasteiger partial charge in [0.25, 0.3) is 0 Å². The van der Waals surface area contributed by atoms with Crippen molar-refractivity contribution in [2.75, 3.05) is 13.2 Å². The predicted molar refractivity (Wildman–Crippen MR) is 65.1 cm³/mol. The molecule has 0 radical (unpaired) electrons. The van der Waals surface area contributed by atoms with Crippen LogP contribution in [-0.4, -0.2) is 13.2 Å². The van der Waals surface area contributed by atoms with Crippen LogP contribution in [0.1, 0.15) is 38.2 Å². The standard InChI is InChI=1S/C14H22O/c1-2-3-4-8-12-15-13-11-14-9-6-5-7-10-14/h5-7,9-10H,2-4,8,11-13H2,1H3. The molecule has 0 heterocycles. The fourth-order valence-corrected chi connectivity index (χ4v) is 1.57. The molecule has 0 amide bonds. The van der Waals surface area contributed by atoms with Crippen molar-refractivity contribution in [3.63, 3.8) is 0 Å². The molecule has 0 N–H and O–H groups in total. The van der Waals surface area contributed by atoms with Crippen LogP contribution in [0.15, 0.2) is 30.3 Å². The third kappa shape index (κ3) is 6.29. The van der Waals surface area contributed by atoms with E-state index in [0.717, 1.165) is 19.6 Å². The minimum absolute atomic E-state index is 0.857. The largest absolute Gasteiger partial charge is 0.381 e. The zero-order valence-electron chi connectivity index (χ0n) is 9.74. The van der Waals surface area contributed by atoms with Gasteiger partial charge in [-0.3, -0.25) is 0 Å². The molecule has 1 heteroatoms. The van der Waals surface area contributed by atoms with E-state index in [2.05, 4.69) is 37.3 Å². The van der Waals surface area contributed by atoms with Gasteiger partial charge in [0.15, 0.2) is 0 Å². The third-order valence-electron chi connectivity index (χ3n) is 2.52. The zero-order valence-corrected chi connectivity index (χ0v) is 9.74. The van der Waals surface area contributed by atoms with Gasteiger partial charge in [-0.1, -0.05) is 56.5 Å². The SMILES string of the molecule is CCCCCCOCCc1ccccc1. The summed E-state index contributed by atoms with van der Waals surface area (Å²) in [5, 5.41) is 0. The van der Waals surface area contributed by atoms with Crippen LogP contribution in [0.4, 0.5) is 0 Å². The summed E-state index contributed by atoms with van der Waals surface area (Å²) in [5.41, 5.74) is 1.37. The molecule has 0 saturated heterocycles. The van der Waals surface area contributed by atoms with Crippen molar-refractivity contribution in [3.05, 3.63) is 35.9 Å². The van der Waals surface area contributed by atoms with Crippen LogP contribution < -0.4 is 0 Å². The molecule has 0 atom stereocenters. The van der Waals surface area contributed by atoms with Gasteiger partial charge in [-0.15, -0.1) is 0 Å². The van der Waals surface area contributed by atoms with Gasteiger partial charge in [0.2, 0.25) is 0 Å². The molecule has 0 saturated carbocycles. The lowest BCUT2D eigenvalue weighted by Crippen LogP contribution is -2.00. The molecule has 0 unspecified atom stereocenters. The maximum Gasteiger partial charge on any atom is 0.0506 e. The van der Waals surface area contributed by atoms with Crippen molar-refractivity contribution in [3.8, 4) is 0 Å². The van der Waals surface area contributed by atoms with Gasteiger partial charge >= 0.3 is 0 Å². The van der Waals surface area contributed by atoms with E-state index in [1.807, 2.05) is 0 Å². The maximum atomic E-state index is 5.58. The Balaban J connectivity index is 1.93. The monoisotopic (exact) mass is 206 g/mol. The number of hydrogen-bond donors (Lipinski definition) is 0. The fraction of sp³-hybridized carbons (Fsp3) is 0.571.